The Morgan fingerprint density at radius 1 is 1.46 bits per heavy atom. The van der Waals surface area contributed by atoms with E-state index in [-0.39, 0.29) is 6.15 Å². The van der Waals surface area contributed by atoms with Gasteiger partial charge in [0.15, 0.2) is 0 Å². The quantitative estimate of drug-likeness (QED) is 0.647. The molecule has 0 spiro atoms. The molecule has 1 aromatic rings. The zero-order chi connectivity index (χ0) is 9.14. The summed E-state index contributed by atoms with van der Waals surface area (Å²) in [6.45, 7) is 2.12. The molecule has 1 aromatic carbocycles. The van der Waals surface area contributed by atoms with Crippen molar-refractivity contribution in [3.63, 3.8) is 0 Å². The van der Waals surface area contributed by atoms with Crippen LogP contribution in [0.2, 0.25) is 5.02 Å². The van der Waals surface area contributed by atoms with Crippen molar-refractivity contribution in [3.05, 3.63) is 26.3 Å². The molecule has 0 aliphatic rings. The summed E-state index contributed by atoms with van der Waals surface area (Å²) < 4.78 is 1.09. The van der Waals surface area contributed by atoms with Gasteiger partial charge < -0.3 is 11.9 Å². The summed E-state index contributed by atoms with van der Waals surface area (Å²) in [5, 5.41) is 0.793. The minimum atomic E-state index is 0. The summed E-state index contributed by atoms with van der Waals surface area (Å²) in [4.78, 5) is 0. The van der Waals surface area contributed by atoms with Crippen LogP contribution in [0.3, 0.4) is 0 Å². The van der Waals surface area contributed by atoms with E-state index in [2.05, 4.69) is 29.5 Å². The minimum absolute atomic E-state index is 0. The van der Waals surface area contributed by atoms with E-state index < -0.39 is 0 Å². The zero-order valence-corrected chi connectivity index (χ0v) is 10.5. The highest BCUT2D eigenvalue weighted by Gasteiger charge is 2.04. The molecule has 0 aliphatic heterocycles. The molecule has 5 N–H and O–H groups in total. The Labute approximate surface area is 97.6 Å². The van der Waals surface area contributed by atoms with E-state index in [1.54, 1.807) is 0 Å². The molecule has 4 heteroatoms. The van der Waals surface area contributed by atoms with Gasteiger partial charge in [-0.15, -0.1) is 0 Å². The van der Waals surface area contributed by atoms with Crippen molar-refractivity contribution in [2.24, 2.45) is 0 Å². The van der Waals surface area contributed by atoms with E-state index >= 15 is 0 Å². The largest absolute Gasteiger partial charge is 0.398 e. The van der Waals surface area contributed by atoms with Crippen LogP contribution in [0.5, 0.6) is 0 Å². The summed E-state index contributed by atoms with van der Waals surface area (Å²) in [5.74, 6) is 0. The highest BCUT2D eigenvalue weighted by Crippen LogP contribution is 2.26. The number of anilines is 1. The summed E-state index contributed by atoms with van der Waals surface area (Å²) in [7, 11) is 0. The first-order valence-electron chi connectivity index (χ1n) is 3.88. The molecule has 2 nitrogen and oxygen atoms in total. The fraction of sp³-hybridized carbons (Fsp3) is 0.333. The fourth-order valence-corrected chi connectivity index (χ4v) is 2.29. The molecule has 1 rings (SSSR count). The SMILES string of the molecule is CCCc1c(N)cc(I)cc1Cl.N. The number of benzene rings is 1. The Morgan fingerprint density at radius 2 is 2.08 bits per heavy atom. The smallest absolute Gasteiger partial charge is 0.0469 e. The van der Waals surface area contributed by atoms with Crippen molar-refractivity contribution < 1.29 is 0 Å². The van der Waals surface area contributed by atoms with E-state index in [4.69, 9.17) is 17.3 Å². The van der Waals surface area contributed by atoms with Gasteiger partial charge in [0.05, 0.1) is 0 Å². The standard InChI is InChI=1S/C9H11ClIN.H3N/c1-2-3-7-8(10)4-6(11)5-9(7)12;/h4-5H,2-3,12H2,1H3;1H3. The summed E-state index contributed by atoms with van der Waals surface area (Å²) in [6, 6.07) is 3.90. The van der Waals surface area contributed by atoms with Gasteiger partial charge in [-0.1, -0.05) is 24.9 Å². The number of hydrogen-bond donors (Lipinski definition) is 2. The fourth-order valence-electron chi connectivity index (χ4n) is 1.14. The second-order valence-electron chi connectivity index (χ2n) is 2.71. The normalized spacial score (nSPS) is 9.46. The monoisotopic (exact) mass is 312 g/mol. The molecule has 0 aliphatic carbocycles. The van der Waals surface area contributed by atoms with Crippen LogP contribution in [-0.4, -0.2) is 0 Å². The van der Waals surface area contributed by atoms with Gasteiger partial charge in [-0.05, 0) is 46.7 Å². The average Bonchev–Trinajstić information content (AvgIpc) is 1.96. The van der Waals surface area contributed by atoms with Gasteiger partial charge in [0, 0.05) is 14.3 Å². The Bertz CT molecular complexity index is 266. The van der Waals surface area contributed by atoms with Crippen molar-refractivity contribution in [2.75, 3.05) is 5.73 Å². The Morgan fingerprint density at radius 3 is 2.54 bits per heavy atom. The van der Waals surface area contributed by atoms with Crippen LogP contribution in [0.15, 0.2) is 12.1 Å². The van der Waals surface area contributed by atoms with Crippen LogP contribution in [0.25, 0.3) is 0 Å². The first kappa shape index (κ1) is 13.0. The highest BCUT2D eigenvalue weighted by molar-refractivity contribution is 14.1. The van der Waals surface area contributed by atoms with Crippen molar-refractivity contribution in [3.8, 4) is 0 Å². The molecular weight excluding hydrogens is 298 g/mol. The van der Waals surface area contributed by atoms with E-state index in [9.17, 15) is 0 Å². The number of nitrogens with two attached hydrogens (primary N) is 1. The van der Waals surface area contributed by atoms with Crippen LogP contribution < -0.4 is 11.9 Å². The van der Waals surface area contributed by atoms with Crippen LogP contribution in [0, 0.1) is 3.57 Å². The van der Waals surface area contributed by atoms with E-state index in [0.717, 1.165) is 32.7 Å². The van der Waals surface area contributed by atoms with E-state index in [1.807, 2.05) is 12.1 Å². The van der Waals surface area contributed by atoms with Crippen LogP contribution in [0.4, 0.5) is 5.69 Å². The molecule has 0 radical (unpaired) electrons. The number of halogens is 2. The molecule has 13 heavy (non-hydrogen) atoms. The predicted octanol–water partition coefficient (Wildman–Crippen LogP) is 3.64. The topological polar surface area (TPSA) is 61.0 Å². The van der Waals surface area contributed by atoms with Gasteiger partial charge >= 0.3 is 0 Å². The number of rotatable bonds is 2. The van der Waals surface area contributed by atoms with Crippen molar-refractivity contribution in [2.45, 2.75) is 19.8 Å². The molecule has 0 heterocycles. The molecule has 0 saturated heterocycles. The summed E-state index contributed by atoms with van der Waals surface area (Å²) >= 11 is 8.24. The summed E-state index contributed by atoms with van der Waals surface area (Å²) in [5.41, 5.74) is 7.72. The Kier molecular flexibility index (Phi) is 5.67. The molecule has 0 aromatic heterocycles. The van der Waals surface area contributed by atoms with Gasteiger partial charge in [0.2, 0.25) is 0 Å². The zero-order valence-electron chi connectivity index (χ0n) is 7.61. The van der Waals surface area contributed by atoms with Crippen LogP contribution in [-0.2, 0) is 6.42 Å². The predicted molar refractivity (Wildman–Crippen MR) is 67.6 cm³/mol. The third kappa shape index (κ3) is 3.32. The Balaban J connectivity index is 0.00000144. The second-order valence-corrected chi connectivity index (χ2v) is 4.36. The van der Waals surface area contributed by atoms with E-state index in [1.165, 1.54) is 0 Å². The van der Waals surface area contributed by atoms with Crippen LogP contribution >= 0.6 is 34.2 Å². The third-order valence-corrected chi connectivity index (χ3v) is 2.65. The lowest BCUT2D eigenvalue weighted by Gasteiger charge is -2.06. The molecule has 0 fully saturated rings. The second kappa shape index (κ2) is 5.67. The maximum Gasteiger partial charge on any atom is 0.0469 e. The lowest BCUT2D eigenvalue weighted by atomic mass is 10.1. The molecule has 0 atom stereocenters. The summed E-state index contributed by atoms with van der Waals surface area (Å²) in [6.07, 6.45) is 2.03. The molecule has 74 valence electrons. The molecule has 0 amide bonds. The first-order valence-corrected chi connectivity index (χ1v) is 5.34. The third-order valence-electron chi connectivity index (χ3n) is 1.69. The Hall–Kier alpha value is -0.000000000000000132. The van der Waals surface area contributed by atoms with Crippen molar-refractivity contribution >= 4 is 39.9 Å². The van der Waals surface area contributed by atoms with Crippen LogP contribution in [0.1, 0.15) is 18.9 Å². The molecule has 0 unspecified atom stereocenters. The highest BCUT2D eigenvalue weighted by atomic mass is 127. The van der Waals surface area contributed by atoms with Gasteiger partial charge in [0.25, 0.3) is 0 Å². The average molecular weight is 313 g/mol. The van der Waals surface area contributed by atoms with E-state index in [0.29, 0.717) is 0 Å². The molecule has 0 bridgehead atoms. The lowest BCUT2D eigenvalue weighted by Crippen LogP contribution is -1.95. The maximum atomic E-state index is 6.03. The minimum Gasteiger partial charge on any atom is -0.398 e. The van der Waals surface area contributed by atoms with Crippen molar-refractivity contribution in [1.29, 1.82) is 0 Å². The first-order chi connectivity index (χ1) is 5.65. The number of hydrogen-bond acceptors (Lipinski definition) is 2. The van der Waals surface area contributed by atoms with Gasteiger partial charge in [0.1, 0.15) is 0 Å². The maximum absolute atomic E-state index is 6.03. The van der Waals surface area contributed by atoms with Gasteiger partial charge in [-0.2, -0.15) is 0 Å². The van der Waals surface area contributed by atoms with Gasteiger partial charge in [-0.3, -0.25) is 0 Å². The van der Waals surface area contributed by atoms with Crippen molar-refractivity contribution in [1.82, 2.24) is 6.15 Å². The molecular formula is C9H14ClIN2. The lowest BCUT2D eigenvalue weighted by molar-refractivity contribution is 0.924. The molecule has 0 saturated carbocycles. The van der Waals surface area contributed by atoms with Gasteiger partial charge in [-0.25, -0.2) is 0 Å². The number of nitrogen functional groups attached to an aromatic ring is 1.